The van der Waals surface area contributed by atoms with E-state index in [0.29, 0.717) is 28.3 Å². The van der Waals surface area contributed by atoms with E-state index < -0.39 is 0 Å². The van der Waals surface area contributed by atoms with Crippen LogP contribution in [0.4, 0.5) is 9.39 Å². The van der Waals surface area contributed by atoms with Gasteiger partial charge in [-0.05, 0) is 55.5 Å². The number of aromatic nitrogens is 1. The summed E-state index contributed by atoms with van der Waals surface area (Å²) < 4.78 is 15.3. The van der Waals surface area contributed by atoms with Gasteiger partial charge in [0.05, 0.1) is 11.1 Å². The van der Waals surface area contributed by atoms with Crippen molar-refractivity contribution in [1.82, 2.24) is 9.88 Å². The van der Waals surface area contributed by atoms with Crippen LogP contribution in [-0.2, 0) is 19.9 Å². The van der Waals surface area contributed by atoms with Gasteiger partial charge >= 0.3 is 0 Å². The predicted molar refractivity (Wildman–Crippen MR) is 114 cm³/mol. The van der Waals surface area contributed by atoms with Crippen molar-refractivity contribution in [2.75, 3.05) is 11.9 Å². The molecule has 3 aromatic rings. The summed E-state index contributed by atoms with van der Waals surface area (Å²) >= 11 is 1.47. The van der Waals surface area contributed by atoms with Crippen LogP contribution in [0, 0.1) is 5.82 Å². The minimum atomic E-state index is -0.349. The molecule has 0 bridgehead atoms. The van der Waals surface area contributed by atoms with Gasteiger partial charge < -0.3 is 15.2 Å². The third kappa shape index (κ3) is 3.58. The molecule has 0 fully saturated rings. The zero-order valence-electron chi connectivity index (χ0n) is 16.2. The number of benzene rings is 1. The molecule has 29 heavy (non-hydrogen) atoms. The van der Waals surface area contributed by atoms with Gasteiger partial charge in [0.1, 0.15) is 16.5 Å². The Labute approximate surface area is 172 Å². The summed E-state index contributed by atoms with van der Waals surface area (Å²) in [6.45, 7) is 4.00. The number of hydrogen-bond donors (Lipinski definition) is 2. The van der Waals surface area contributed by atoms with E-state index in [1.165, 1.54) is 23.5 Å². The number of nitrogens with zero attached hydrogens (tertiary/aromatic N) is 1. The maximum atomic E-state index is 13.6. The molecule has 150 valence electrons. The minimum absolute atomic E-state index is 0.196. The number of hydrogen-bond acceptors (Lipinski definition) is 3. The molecule has 0 spiro atoms. The zero-order chi connectivity index (χ0) is 20.5. The fourth-order valence-corrected chi connectivity index (χ4v) is 5.12. The normalized spacial score (nSPS) is 13.2. The van der Waals surface area contributed by atoms with Crippen molar-refractivity contribution < 1.29 is 14.0 Å². The first kappa shape index (κ1) is 19.4. The van der Waals surface area contributed by atoms with Crippen LogP contribution in [0.2, 0.25) is 0 Å². The van der Waals surface area contributed by atoms with Gasteiger partial charge in [-0.3, -0.25) is 9.59 Å². The van der Waals surface area contributed by atoms with Gasteiger partial charge in [-0.2, -0.15) is 0 Å². The molecule has 4 rings (SSSR count). The van der Waals surface area contributed by atoms with E-state index >= 15 is 0 Å². The van der Waals surface area contributed by atoms with Crippen LogP contribution in [0.1, 0.15) is 44.1 Å². The van der Waals surface area contributed by atoms with Crippen LogP contribution in [-0.4, -0.2) is 22.9 Å². The molecule has 1 aliphatic carbocycles. The summed E-state index contributed by atoms with van der Waals surface area (Å²) in [7, 11) is 1.73. The van der Waals surface area contributed by atoms with Crippen LogP contribution in [0.15, 0.2) is 36.9 Å². The second kappa shape index (κ2) is 7.83. The molecule has 0 atom stereocenters. The van der Waals surface area contributed by atoms with Gasteiger partial charge in [0, 0.05) is 23.9 Å². The fourth-order valence-electron chi connectivity index (χ4n) is 3.84. The lowest BCUT2D eigenvalue weighted by atomic mass is 9.95. The summed E-state index contributed by atoms with van der Waals surface area (Å²) in [5.41, 5.74) is 2.65. The van der Waals surface area contributed by atoms with E-state index in [9.17, 15) is 14.0 Å². The van der Waals surface area contributed by atoms with E-state index in [1.54, 1.807) is 29.8 Å². The fraction of sp³-hybridized carbons (Fsp3) is 0.273. The number of fused-ring (bicyclic) bond motifs is 2. The van der Waals surface area contributed by atoms with Crippen molar-refractivity contribution in [1.29, 1.82) is 0 Å². The van der Waals surface area contributed by atoms with Gasteiger partial charge in [-0.1, -0.05) is 6.08 Å². The number of rotatable bonds is 5. The summed E-state index contributed by atoms with van der Waals surface area (Å²) in [6.07, 6.45) is 5.51. The molecule has 0 saturated carbocycles. The van der Waals surface area contributed by atoms with E-state index in [0.717, 1.165) is 41.5 Å². The van der Waals surface area contributed by atoms with Crippen LogP contribution in [0.5, 0.6) is 0 Å². The molecule has 2 aromatic heterocycles. The zero-order valence-corrected chi connectivity index (χ0v) is 17.0. The minimum Gasteiger partial charge on any atom is -0.348 e. The maximum absolute atomic E-state index is 13.6. The molecule has 2 N–H and O–H groups in total. The molecule has 1 aliphatic rings. The summed E-state index contributed by atoms with van der Waals surface area (Å²) in [6, 6.07) is 6.16. The lowest BCUT2D eigenvalue weighted by Crippen LogP contribution is -2.26. The number of carbonyl (C=O) groups excluding carboxylic acids is 2. The van der Waals surface area contributed by atoms with Crippen LogP contribution in [0.3, 0.4) is 0 Å². The quantitative estimate of drug-likeness (QED) is 0.610. The number of halogens is 1. The SMILES string of the molecule is C=CCNC(=O)c1c(NC(=O)c2cc3ccc(F)cc3n2C)sc2c1CCCC2. The average Bonchev–Trinajstić information content (AvgIpc) is 3.23. The number of aryl methyl sites for hydroxylation is 2. The van der Waals surface area contributed by atoms with Crippen LogP contribution >= 0.6 is 11.3 Å². The van der Waals surface area contributed by atoms with Crippen molar-refractivity contribution in [3.8, 4) is 0 Å². The Morgan fingerprint density at radius 2 is 2.03 bits per heavy atom. The molecule has 2 amide bonds. The van der Waals surface area contributed by atoms with E-state index in [1.807, 2.05) is 0 Å². The standard InChI is InChI=1S/C22H22FN3O2S/c1-3-10-24-21(28)19-15-6-4-5-7-18(15)29-22(19)25-20(27)17-11-13-8-9-14(23)12-16(13)26(17)2/h3,8-9,11-12H,1,4-7,10H2,2H3,(H,24,28)(H,25,27). The van der Waals surface area contributed by atoms with Crippen LogP contribution in [0.25, 0.3) is 10.9 Å². The third-order valence-electron chi connectivity index (χ3n) is 5.27. The smallest absolute Gasteiger partial charge is 0.272 e. The van der Waals surface area contributed by atoms with Crippen LogP contribution < -0.4 is 10.6 Å². The highest BCUT2D eigenvalue weighted by Crippen LogP contribution is 2.38. The summed E-state index contributed by atoms with van der Waals surface area (Å²) in [5, 5.41) is 7.12. The number of nitrogens with one attached hydrogen (secondary N) is 2. The number of amides is 2. The molecule has 0 aliphatic heterocycles. The monoisotopic (exact) mass is 411 g/mol. The van der Waals surface area contributed by atoms with Gasteiger partial charge in [0.2, 0.25) is 0 Å². The van der Waals surface area contributed by atoms with Crippen molar-refractivity contribution in [3.63, 3.8) is 0 Å². The Balaban J connectivity index is 1.69. The van der Waals surface area contributed by atoms with E-state index in [4.69, 9.17) is 0 Å². The lowest BCUT2D eigenvalue weighted by Gasteiger charge is -2.13. The number of anilines is 1. The Morgan fingerprint density at radius 1 is 1.24 bits per heavy atom. The lowest BCUT2D eigenvalue weighted by molar-refractivity contribution is 0.0958. The summed E-state index contributed by atoms with van der Waals surface area (Å²) in [5.74, 6) is -0.864. The van der Waals surface area contributed by atoms with Crippen molar-refractivity contribution in [3.05, 3.63) is 64.4 Å². The first-order chi connectivity index (χ1) is 14.0. The summed E-state index contributed by atoms with van der Waals surface area (Å²) in [4.78, 5) is 27.0. The molecule has 7 heteroatoms. The van der Waals surface area contributed by atoms with Crippen molar-refractivity contribution in [2.24, 2.45) is 7.05 Å². The number of carbonyl (C=O) groups is 2. The maximum Gasteiger partial charge on any atom is 0.272 e. The first-order valence-corrected chi connectivity index (χ1v) is 10.4. The third-order valence-corrected chi connectivity index (χ3v) is 6.48. The molecular weight excluding hydrogens is 389 g/mol. The Bertz CT molecular complexity index is 1130. The van der Waals surface area contributed by atoms with Gasteiger partial charge in [0.15, 0.2) is 0 Å². The highest BCUT2D eigenvalue weighted by molar-refractivity contribution is 7.17. The predicted octanol–water partition coefficient (Wildman–Crippen LogP) is 4.43. The Hall–Kier alpha value is -2.93. The van der Waals surface area contributed by atoms with Gasteiger partial charge in [-0.15, -0.1) is 17.9 Å². The van der Waals surface area contributed by atoms with Crippen molar-refractivity contribution in [2.45, 2.75) is 25.7 Å². The highest BCUT2D eigenvalue weighted by Gasteiger charge is 2.27. The van der Waals surface area contributed by atoms with E-state index in [-0.39, 0.29) is 17.6 Å². The average molecular weight is 412 g/mol. The van der Waals surface area contributed by atoms with Gasteiger partial charge in [-0.25, -0.2) is 4.39 Å². The molecule has 2 heterocycles. The largest absolute Gasteiger partial charge is 0.348 e. The Kier molecular flexibility index (Phi) is 5.24. The van der Waals surface area contributed by atoms with E-state index in [2.05, 4.69) is 17.2 Å². The molecule has 0 unspecified atom stereocenters. The molecule has 0 radical (unpaired) electrons. The topological polar surface area (TPSA) is 63.1 Å². The second-order valence-electron chi connectivity index (χ2n) is 7.16. The molecule has 0 saturated heterocycles. The molecule has 1 aromatic carbocycles. The molecular formula is C22H22FN3O2S. The first-order valence-electron chi connectivity index (χ1n) is 9.59. The molecule has 5 nitrogen and oxygen atoms in total. The highest BCUT2D eigenvalue weighted by atomic mass is 32.1. The number of thiophene rings is 1. The van der Waals surface area contributed by atoms with Gasteiger partial charge in [0.25, 0.3) is 11.8 Å². The van der Waals surface area contributed by atoms with Crippen molar-refractivity contribution >= 4 is 39.1 Å². The second-order valence-corrected chi connectivity index (χ2v) is 8.26. The Morgan fingerprint density at radius 3 is 2.83 bits per heavy atom.